The van der Waals surface area contributed by atoms with Gasteiger partial charge in [0.15, 0.2) is 0 Å². The van der Waals surface area contributed by atoms with Crippen molar-refractivity contribution in [2.75, 3.05) is 31.4 Å². The minimum Gasteiger partial charge on any atom is -0.496 e. The molecule has 0 aliphatic carbocycles. The lowest BCUT2D eigenvalue weighted by atomic mass is 9.95. The fourth-order valence-electron chi connectivity index (χ4n) is 2.84. The summed E-state index contributed by atoms with van der Waals surface area (Å²) >= 11 is 5.95. The van der Waals surface area contributed by atoms with Crippen molar-refractivity contribution in [3.8, 4) is 11.5 Å². The summed E-state index contributed by atoms with van der Waals surface area (Å²) in [6.45, 7) is 0.822. The SMILES string of the molecule is COc1ccc(OC)c2c1CN(c1cc(Cl)nc(N)n1)CC2O. The molecule has 0 spiro atoms. The van der Waals surface area contributed by atoms with Crippen LogP contribution < -0.4 is 20.1 Å². The van der Waals surface area contributed by atoms with Gasteiger partial charge in [0.2, 0.25) is 5.95 Å². The highest BCUT2D eigenvalue weighted by Crippen LogP contribution is 2.40. The van der Waals surface area contributed by atoms with Crippen molar-refractivity contribution in [1.29, 1.82) is 0 Å². The maximum absolute atomic E-state index is 10.6. The molecule has 0 saturated carbocycles. The minimum absolute atomic E-state index is 0.0883. The lowest BCUT2D eigenvalue weighted by molar-refractivity contribution is 0.169. The Balaban J connectivity index is 2.06. The van der Waals surface area contributed by atoms with E-state index in [0.29, 0.717) is 30.4 Å². The van der Waals surface area contributed by atoms with E-state index in [4.69, 9.17) is 26.8 Å². The Labute approximate surface area is 138 Å². The first-order valence-corrected chi connectivity index (χ1v) is 7.38. The number of β-amino-alcohol motifs (C(OH)–C–C–N with tert-alkyl or cyclic N) is 1. The molecule has 0 fully saturated rings. The molecule has 1 aromatic heterocycles. The topological polar surface area (TPSA) is 93.7 Å². The number of hydrogen-bond acceptors (Lipinski definition) is 7. The fraction of sp³-hybridized carbons (Fsp3) is 0.333. The molecule has 2 aromatic rings. The number of nitrogen functional groups attached to an aromatic ring is 1. The molecular weight excluding hydrogens is 320 g/mol. The van der Waals surface area contributed by atoms with Crippen LogP contribution in [0.2, 0.25) is 5.15 Å². The van der Waals surface area contributed by atoms with Crippen LogP contribution in [0.3, 0.4) is 0 Å². The molecule has 8 heteroatoms. The Morgan fingerprint density at radius 1 is 1.26 bits per heavy atom. The molecule has 3 N–H and O–H groups in total. The number of fused-ring (bicyclic) bond motifs is 1. The summed E-state index contributed by atoms with van der Waals surface area (Å²) in [5, 5.41) is 10.8. The van der Waals surface area contributed by atoms with Crippen molar-refractivity contribution in [1.82, 2.24) is 9.97 Å². The molecule has 1 aliphatic rings. The van der Waals surface area contributed by atoms with Crippen LogP contribution in [0.15, 0.2) is 18.2 Å². The Morgan fingerprint density at radius 2 is 1.96 bits per heavy atom. The third-order valence-electron chi connectivity index (χ3n) is 3.81. The summed E-state index contributed by atoms with van der Waals surface area (Å²) in [6.07, 6.45) is -0.751. The van der Waals surface area contributed by atoms with Crippen LogP contribution in [-0.4, -0.2) is 35.8 Å². The predicted octanol–water partition coefficient (Wildman–Crippen LogP) is 1.78. The summed E-state index contributed by atoms with van der Waals surface area (Å²) in [5.74, 6) is 1.95. The molecule has 122 valence electrons. The average Bonchev–Trinajstić information content (AvgIpc) is 2.52. The van der Waals surface area contributed by atoms with E-state index in [2.05, 4.69) is 9.97 Å². The number of aliphatic hydroxyl groups excluding tert-OH is 1. The van der Waals surface area contributed by atoms with Gasteiger partial charge >= 0.3 is 0 Å². The Hall–Kier alpha value is -2.25. The van der Waals surface area contributed by atoms with Gasteiger partial charge in [0.25, 0.3) is 0 Å². The number of hydrogen-bond donors (Lipinski definition) is 2. The number of nitrogens with two attached hydrogens (primary N) is 1. The molecule has 0 radical (unpaired) electrons. The van der Waals surface area contributed by atoms with Gasteiger partial charge in [-0.3, -0.25) is 0 Å². The van der Waals surface area contributed by atoms with Crippen LogP contribution in [0, 0.1) is 0 Å². The normalized spacial score (nSPS) is 16.9. The molecule has 1 unspecified atom stereocenters. The lowest BCUT2D eigenvalue weighted by Gasteiger charge is -2.34. The van der Waals surface area contributed by atoms with E-state index in [-0.39, 0.29) is 11.1 Å². The first-order chi connectivity index (χ1) is 11.0. The number of ether oxygens (including phenoxy) is 2. The van der Waals surface area contributed by atoms with Crippen LogP contribution in [0.5, 0.6) is 11.5 Å². The molecule has 1 aromatic carbocycles. The number of aromatic nitrogens is 2. The number of rotatable bonds is 3. The van der Waals surface area contributed by atoms with Crippen LogP contribution >= 0.6 is 11.6 Å². The molecule has 3 rings (SSSR count). The first kappa shape index (κ1) is 15.6. The van der Waals surface area contributed by atoms with Gasteiger partial charge in [-0.15, -0.1) is 0 Å². The smallest absolute Gasteiger partial charge is 0.223 e. The van der Waals surface area contributed by atoms with E-state index in [0.717, 1.165) is 11.1 Å². The molecule has 1 atom stereocenters. The molecular formula is C15H17ClN4O3. The number of aliphatic hydroxyl groups is 1. The second-order valence-corrected chi connectivity index (χ2v) is 5.55. The van der Waals surface area contributed by atoms with Crippen molar-refractivity contribution in [3.05, 3.63) is 34.5 Å². The zero-order chi connectivity index (χ0) is 16.6. The maximum Gasteiger partial charge on any atom is 0.223 e. The summed E-state index contributed by atoms with van der Waals surface area (Å²) in [5.41, 5.74) is 7.24. The van der Waals surface area contributed by atoms with E-state index in [1.807, 2.05) is 11.0 Å². The molecule has 0 bridgehead atoms. The van der Waals surface area contributed by atoms with Crippen molar-refractivity contribution >= 4 is 23.4 Å². The second-order valence-electron chi connectivity index (χ2n) is 5.17. The van der Waals surface area contributed by atoms with Gasteiger partial charge in [0.05, 0.1) is 20.8 Å². The van der Waals surface area contributed by atoms with Crippen molar-refractivity contribution < 1.29 is 14.6 Å². The first-order valence-electron chi connectivity index (χ1n) is 7.00. The third-order valence-corrected chi connectivity index (χ3v) is 4.01. The summed E-state index contributed by atoms with van der Waals surface area (Å²) in [6, 6.07) is 5.22. The van der Waals surface area contributed by atoms with E-state index in [1.54, 1.807) is 26.4 Å². The van der Waals surface area contributed by atoms with Crippen LogP contribution in [0.25, 0.3) is 0 Å². The van der Waals surface area contributed by atoms with E-state index in [9.17, 15) is 5.11 Å². The summed E-state index contributed by atoms with van der Waals surface area (Å²) in [7, 11) is 3.17. The highest BCUT2D eigenvalue weighted by Gasteiger charge is 2.30. The Bertz CT molecular complexity index is 721. The van der Waals surface area contributed by atoms with Gasteiger partial charge in [-0.25, -0.2) is 4.98 Å². The molecule has 7 nitrogen and oxygen atoms in total. The van der Waals surface area contributed by atoms with Gasteiger partial charge in [0.1, 0.15) is 28.6 Å². The largest absolute Gasteiger partial charge is 0.496 e. The number of methoxy groups -OCH3 is 2. The van der Waals surface area contributed by atoms with Gasteiger partial charge < -0.3 is 25.2 Å². The van der Waals surface area contributed by atoms with Gasteiger partial charge in [-0.1, -0.05) is 11.6 Å². The molecule has 1 aliphatic heterocycles. The predicted molar refractivity (Wildman–Crippen MR) is 87.0 cm³/mol. The van der Waals surface area contributed by atoms with E-state index >= 15 is 0 Å². The fourth-order valence-corrected chi connectivity index (χ4v) is 3.02. The van der Waals surface area contributed by atoms with E-state index < -0.39 is 6.10 Å². The standard InChI is InChI=1S/C15H17ClN4O3/c1-22-10-3-4-11(23-2)14-8(10)6-20(7-9(14)21)13-5-12(16)18-15(17)19-13/h3-5,9,21H,6-7H2,1-2H3,(H2,17,18,19). The maximum atomic E-state index is 10.6. The van der Waals surface area contributed by atoms with Gasteiger partial charge in [-0.2, -0.15) is 4.98 Å². The zero-order valence-corrected chi connectivity index (χ0v) is 13.5. The Morgan fingerprint density at radius 3 is 2.61 bits per heavy atom. The highest BCUT2D eigenvalue weighted by molar-refractivity contribution is 6.29. The lowest BCUT2D eigenvalue weighted by Crippen LogP contribution is -2.35. The van der Waals surface area contributed by atoms with Crippen molar-refractivity contribution in [3.63, 3.8) is 0 Å². The van der Waals surface area contributed by atoms with Gasteiger partial charge in [0, 0.05) is 23.7 Å². The minimum atomic E-state index is -0.751. The third kappa shape index (κ3) is 2.85. The number of anilines is 2. The van der Waals surface area contributed by atoms with Crippen LogP contribution in [-0.2, 0) is 6.54 Å². The van der Waals surface area contributed by atoms with E-state index in [1.165, 1.54) is 0 Å². The monoisotopic (exact) mass is 336 g/mol. The second kappa shape index (κ2) is 6.10. The van der Waals surface area contributed by atoms with Crippen molar-refractivity contribution in [2.24, 2.45) is 0 Å². The quantitative estimate of drug-likeness (QED) is 0.825. The number of benzene rings is 1. The molecule has 23 heavy (non-hydrogen) atoms. The molecule has 2 heterocycles. The summed E-state index contributed by atoms with van der Waals surface area (Å²) in [4.78, 5) is 9.91. The zero-order valence-electron chi connectivity index (χ0n) is 12.8. The number of nitrogens with zero attached hydrogens (tertiary/aromatic N) is 3. The molecule has 0 amide bonds. The van der Waals surface area contributed by atoms with Gasteiger partial charge in [-0.05, 0) is 12.1 Å². The summed E-state index contributed by atoms with van der Waals surface area (Å²) < 4.78 is 10.8. The Kier molecular flexibility index (Phi) is 4.14. The number of halogens is 1. The average molecular weight is 337 g/mol. The van der Waals surface area contributed by atoms with Crippen LogP contribution in [0.1, 0.15) is 17.2 Å². The molecule has 0 saturated heterocycles. The highest BCUT2D eigenvalue weighted by atomic mass is 35.5. The van der Waals surface area contributed by atoms with Crippen molar-refractivity contribution in [2.45, 2.75) is 12.6 Å². The van der Waals surface area contributed by atoms with Crippen LogP contribution in [0.4, 0.5) is 11.8 Å².